The summed E-state index contributed by atoms with van der Waals surface area (Å²) in [6.45, 7) is 0. The number of fused-ring (bicyclic) bond motifs is 3. The van der Waals surface area contributed by atoms with Crippen LogP contribution >= 0.6 is 0 Å². The summed E-state index contributed by atoms with van der Waals surface area (Å²) in [5.41, 5.74) is 5.67. The Morgan fingerprint density at radius 2 is 1.08 bits per heavy atom. The van der Waals surface area contributed by atoms with Crippen molar-refractivity contribution in [3.63, 3.8) is 0 Å². The summed E-state index contributed by atoms with van der Waals surface area (Å²) in [4.78, 5) is 2.25. The van der Waals surface area contributed by atoms with Crippen molar-refractivity contribution in [2.45, 2.75) is 0 Å². The van der Waals surface area contributed by atoms with Gasteiger partial charge in [0, 0.05) is 17.1 Å². The maximum atomic E-state index is 5.36. The first-order valence-electron chi connectivity index (χ1n) is 12.5. The fraction of sp³-hybridized carbons (Fsp3) is 0.0286. The van der Waals surface area contributed by atoms with Gasteiger partial charge in [-0.1, -0.05) is 91.0 Å². The van der Waals surface area contributed by atoms with Crippen molar-refractivity contribution < 1.29 is 4.74 Å². The van der Waals surface area contributed by atoms with Crippen LogP contribution in [0.3, 0.4) is 0 Å². The normalized spacial score (nSPS) is 11.3. The molecule has 0 fully saturated rings. The van der Waals surface area contributed by atoms with E-state index < -0.39 is 0 Å². The number of nitrogens with zero attached hydrogens (tertiary/aromatic N) is 1. The molecule has 2 heteroatoms. The van der Waals surface area contributed by atoms with Crippen molar-refractivity contribution in [2.75, 3.05) is 12.0 Å². The lowest BCUT2D eigenvalue weighted by molar-refractivity contribution is 0.415. The van der Waals surface area contributed by atoms with Crippen LogP contribution in [0.5, 0.6) is 5.75 Å². The van der Waals surface area contributed by atoms with Crippen LogP contribution in [0.2, 0.25) is 0 Å². The lowest BCUT2D eigenvalue weighted by Crippen LogP contribution is -2.09. The van der Waals surface area contributed by atoms with E-state index in [1.807, 2.05) is 18.2 Å². The first-order valence-corrected chi connectivity index (χ1v) is 12.5. The van der Waals surface area contributed by atoms with E-state index in [0.717, 1.165) is 28.4 Å². The zero-order chi connectivity index (χ0) is 25.0. The van der Waals surface area contributed by atoms with E-state index in [2.05, 4.69) is 132 Å². The molecule has 0 heterocycles. The van der Waals surface area contributed by atoms with E-state index in [1.165, 1.54) is 27.1 Å². The maximum Gasteiger partial charge on any atom is 0.119 e. The van der Waals surface area contributed by atoms with Crippen molar-refractivity contribution in [1.82, 2.24) is 0 Å². The van der Waals surface area contributed by atoms with Crippen LogP contribution in [0, 0.1) is 0 Å². The Hall–Kier alpha value is -4.82. The molecule has 0 aliphatic heterocycles. The Morgan fingerprint density at radius 1 is 0.514 bits per heavy atom. The number of hydrogen-bond donors (Lipinski definition) is 0. The van der Waals surface area contributed by atoms with E-state index >= 15 is 0 Å². The molecule has 0 aliphatic carbocycles. The molecule has 178 valence electrons. The second kappa shape index (κ2) is 10.0. The van der Waals surface area contributed by atoms with Gasteiger partial charge in [-0.25, -0.2) is 0 Å². The fourth-order valence-corrected chi connectivity index (χ4v) is 4.90. The molecular weight excluding hydrogens is 450 g/mol. The highest BCUT2D eigenvalue weighted by atomic mass is 16.5. The average molecular weight is 478 g/mol. The number of benzene rings is 6. The van der Waals surface area contributed by atoms with Gasteiger partial charge < -0.3 is 9.64 Å². The number of anilines is 3. The van der Waals surface area contributed by atoms with Crippen molar-refractivity contribution in [3.8, 4) is 5.75 Å². The molecule has 0 spiro atoms. The Morgan fingerprint density at radius 3 is 1.78 bits per heavy atom. The van der Waals surface area contributed by atoms with Gasteiger partial charge in [0.2, 0.25) is 0 Å². The molecule has 0 N–H and O–H groups in total. The second-order valence-electron chi connectivity index (χ2n) is 9.03. The zero-order valence-electron chi connectivity index (χ0n) is 20.7. The van der Waals surface area contributed by atoms with Gasteiger partial charge in [0.05, 0.1) is 7.11 Å². The third kappa shape index (κ3) is 4.57. The summed E-state index contributed by atoms with van der Waals surface area (Å²) in [5.74, 6) is 0.846. The molecule has 6 aromatic rings. The smallest absolute Gasteiger partial charge is 0.119 e. The number of ether oxygens (including phenoxy) is 1. The molecule has 0 atom stereocenters. The molecular formula is C35H27NO. The van der Waals surface area contributed by atoms with Crippen molar-refractivity contribution in [1.29, 1.82) is 0 Å². The summed E-state index contributed by atoms with van der Waals surface area (Å²) >= 11 is 0. The highest BCUT2D eigenvalue weighted by molar-refractivity contribution is 6.11. The molecule has 0 radical (unpaired) electrons. The second-order valence-corrected chi connectivity index (χ2v) is 9.03. The lowest BCUT2D eigenvalue weighted by atomic mass is 9.96. The third-order valence-corrected chi connectivity index (χ3v) is 6.75. The van der Waals surface area contributed by atoms with Gasteiger partial charge in [0.1, 0.15) is 5.75 Å². The lowest BCUT2D eigenvalue weighted by Gasteiger charge is -2.25. The minimum Gasteiger partial charge on any atom is -0.497 e. The predicted octanol–water partition coefficient (Wildman–Crippen LogP) is 9.64. The highest BCUT2D eigenvalue weighted by Gasteiger charge is 2.12. The first-order chi connectivity index (χ1) is 18.3. The molecule has 6 rings (SSSR count). The van der Waals surface area contributed by atoms with Crippen molar-refractivity contribution in [2.24, 2.45) is 0 Å². The maximum absolute atomic E-state index is 5.36. The Kier molecular flexibility index (Phi) is 6.14. The Balaban J connectivity index is 1.35. The molecule has 37 heavy (non-hydrogen) atoms. The predicted molar refractivity (Wildman–Crippen MR) is 158 cm³/mol. The van der Waals surface area contributed by atoms with E-state index in [4.69, 9.17) is 4.74 Å². The fourth-order valence-electron chi connectivity index (χ4n) is 4.90. The summed E-state index contributed by atoms with van der Waals surface area (Å²) in [7, 11) is 1.69. The Bertz CT molecular complexity index is 1680. The quantitative estimate of drug-likeness (QED) is 0.175. The van der Waals surface area contributed by atoms with Crippen LogP contribution in [-0.2, 0) is 0 Å². The standard InChI is InChI=1S/C35H27NO/c1-37-32-23-21-31(22-24-32)36(29-10-3-2-4-11-29)30-19-16-26(17-20-30)15-18-28-25-27-9-5-6-12-33(27)35-14-8-7-13-34(28)35/h2-25H,1H3/b18-15+. The summed E-state index contributed by atoms with van der Waals surface area (Å²) in [5, 5.41) is 5.10. The van der Waals surface area contributed by atoms with Gasteiger partial charge in [-0.05, 0) is 87.3 Å². The van der Waals surface area contributed by atoms with Crippen molar-refractivity contribution in [3.05, 3.63) is 145 Å². The van der Waals surface area contributed by atoms with Crippen LogP contribution in [0.1, 0.15) is 11.1 Å². The topological polar surface area (TPSA) is 12.5 Å². The number of rotatable bonds is 6. The molecule has 6 aromatic carbocycles. The van der Waals surface area contributed by atoms with Crippen LogP contribution in [0.15, 0.2) is 133 Å². The number of para-hydroxylation sites is 1. The highest BCUT2D eigenvalue weighted by Crippen LogP contribution is 2.35. The van der Waals surface area contributed by atoms with Crippen LogP contribution in [0.4, 0.5) is 17.1 Å². The van der Waals surface area contributed by atoms with Gasteiger partial charge in [0.15, 0.2) is 0 Å². The first kappa shape index (κ1) is 22.6. The molecule has 0 aromatic heterocycles. The van der Waals surface area contributed by atoms with E-state index in [-0.39, 0.29) is 0 Å². The number of methoxy groups -OCH3 is 1. The van der Waals surface area contributed by atoms with Gasteiger partial charge in [0.25, 0.3) is 0 Å². The SMILES string of the molecule is COc1ccc(N(c2ccccc2)c2ccc(/C=C/c3cc4ccccc4c4ccccc34)cc2)cc1. The van der Waals surface area contributed by atoms with Crippen LogP contribution in [0.25, 0.3) is 33.7 Å². The summed E-state index contributed by atoms with van der Waals surface area (Å²) < 4.78 is 5.36. The zero-order valence-corrected chi connectivity index (χ0v) is 20.7. The van der Waals surface area contributed by atoms with Gasteiger partial charge >= 0.3 is 0 Å². The Labute approximate surface area is 217 Å². The third-order valence-electron chi connectivity index (χ3n) is 6.75. The molecule has 0 unspecified atom stereocenters. The van der Waals surface area contributed by atoms with E-state index in [1.54, 1.807) is 7.11 Å². The molecule has 0 amide bonds. The van der Waals surface area contributed by atoms with Crippen LogP contribution < -0.4 is 9.64 Å². The number of hydrogen-bond acceptors (Lipinski definition) is 2. The molecule has 2 nitrogen and oxygen atoms in total. The molecule has 0 bridgehead atoms. The van der Waals surface area contributed by atoms with E-state index in [9.17, 15) is 0 Å². The van der Waals surface area contributed by atoms with Gasteiger partial charge in [-0.2, -0.15) is 0 Å². The monoisotopic (exact) mass is 477 g/mol. The molecule has 0 aliphatic rings. The molecule has 0 saturated carbocycles. The van der Waals surface area contributed by atoms with Crippen molar-refractivity contribution >= 4 is 50.8 Å². The van der Waals surface area contributed by atoms with E-state index in [0.29, 0.717) is 0 Å². The molecule has 0 saturated heterocycles. The van der Waals surface area contributed by atoms with Gasteiger partial charge in [-0.3, -0.25) is 0 Å². The summed E-state index contributed by atoms with van der Waals surface area (Å²) in [6, 6.07) is 46.8. The minimum atomic E-state index is 0.846. The van der Waals surface area contributed by atoms with Gasteiger partial charge in [-0.15, -0.1) is 0 Å². The average Bonchev–Trinajstić information content (AvgIpc) is 2.98. The minimum absolute atomic E-state index is 0.846. The summed E-state index contributed by atoms with van der Waals surface area (Å²) in [6.07, 6.45) is 4.42. The largest absolute Gasteiger partial charge is 0.497 e. The van der Waals surface area contributed by atoms with Crippen LogP contribution in [-0.4, -0.2) is 7.11 Å².